The Labute approximate surface area is 185 Å². The van der Waals surface area contributed by atoms with Crippen molar-refractivity contribution in [3.05, 3.63) is 70.5 Å². The number of carbonyl (C=O) groups is 2. The molecule has 2 aliphatic rings. The molecule has 1 unspecified atom stereocenters. The molecule has 3 heterocycles. The third-order valence-corrected chi connectivity index (χ3v) is 5.85. The maximum Gasteiger partial charge on any atom is 0.295 e. The number of hydrogen-bond acceptors (Lipinski definition) is 6. The van der Waals surface area contributed by atoms with E-state index in [2.05, 4.69) is 9.88 Å². The summed E-state index contributed by atoms with van der Waals surface area (Å²) >= 11 is 5.95. The number of pyridine rings is 1. The van der Waals surface area contributed by atoms with E-state index in [0.29, 0.717) is 42.5 Å². The first kappa shape index (κ1) is 21.5. The standard InChI is InChI=1S/C23H24ClN3O4/c24-17-7-5-16(6-8-17)21(28)19-20(18-4-1-2-9-25-18)27(23(30)22(19)29)11-3-10-26-12-14-31-15-13-26/h1-2,4-9,20,28H,3,10-15H2/b21-19-. The van der Waals surface area contributed by atoms with Crippen LogP contribution in [0.4, 0.5) is 0 Å². The molecule has 0 aliphatic carbocycles. The highest BCUT2D eigenvalue weighted by atomic mass is 35.5. The summed E-state index contributed by atoms with van der Waals surface area (Å²) in [5.74, 6) is -1.54. The van der Waals surface area contributed by atoms with Gasteiger partial charge < -0.3 is 14.7 Å². The zero-order valence-electron chi connectivity index (χ0n) is 17.0. The lowest BCUT2D eigenvalue weighted by Crippen LogP contribution is -2.39. The Bertz CT molecular complexity index is 972. The molecular weight excluding hydrogens is 418 g/mol. The number of carbonyl (C=O) groups excluding carboxylic acids is 2. The van der Waals surface area contributed by atoms with Crippen LogP contribution in [0.25, 0.3) is 5.76 Å². The van der Waals surface area contributed by atoms with Gasteiger partial charge >= 0.3 is 0 Å². The van der Waals surface area contributed by atoms with Crippen LogP contribution in [0.5, 0.6) is 0 Å². The Morgan fingerprint density at radius 3 is 2.52 bits per heavy atom. The molecule has 0 saturated carbocycles. The van der Waals surface area contributed by atoms with Crippen LogP contribution in [0, 0.1) is 0 Å². The summed E-state index contributed by atoms with van der Waals surface area (Å²) in [5, 5.41) is 11.5. The number of ether oxygens (including phenoxy) is 1. The molecule has 1 atom stereocenters. The van der Waals surface area contributed by atoms with Crippen molar-refractivity contribution in [1.29, 1.82) is 0 Å². The molecule has 2 aliphatic heterocycles. The quantitative estimate of drug-likeness (QED) is 0.421. The van der Waals surface area contributed by atoms with Crippen molar-refractivity contribution in [2.24, 2.45) is 0 Å². The lowest BCUT2D eigenvalue weighted by atomic mass is 9.98. The van der Waals surface area contributed by atoms with E-state index >= 15 is 0 Å². The van der Waals surface area contributed by atoms with E-state index in [1.54, 1.807) is 48.7 Å². The average Bonchev–Trinajstić information content (AvgIpc) is 3.05. The second-order valence-corrected chi connectivity index (χ2v) is 8.00. The number of halogens is 1. The minimum Gasteiger partial charge on any atom is -0.507 e. The highest BCUT2D eigenvalue weighted by Crippen LogP contribution is 2.38. The molecule has 0 radical (unpaired) electrons. The molecule has 2 aromatic rings. The second-order valence-electron chi connectivity index (χ2n) is 7.56. The maximum absolute atomic E-state index is 13.0. The smallest absolute Gasteiger partial charge is 0.295 e. The molecule has 31 heavy (non-hydrogen) atoms. The van der Waals surface area contributed by atoms with Gasteiger partial charge in [-0.25, -0.2) is 0 Å². The predicted octanol–water partition coefficient (Wildman–Crippen LogP) is 2.88. The van der Waals surface area contributed by atoms with Crippen LogP contribution < -0.4 is 0 Å². The molecule has 1 N–H and O–H groups in total. The Kier molecular flexibility index (Phi) is 6.65. The number of ketones is 1. The first-order valence-corrected chi connectivity index (χ1v) is 10.7. The summed E-state index contributed by atoms with van der Waals surface area (Å²) in [4.78, 5) is 34.1. The monoisotopic (exact) mass is 441 g/mol. The van der Waals surface area contributed by atoms with Crippen molar-refractivity contribution in [2.45, 2.75) is 12.5 Å². The number of morpholine rings is 1. The normalized spacial score (nSPS) is 21.6. The van der Waals surface area contributed by atoms with E-state index in [4.69, 9.17) is 16.3 Å². The van der Waals surface area contributed by atoms with Crippen LogP contribution in [-0.2, 0) is 14.3 Å². The fourth-order valence-electron chi connectivity index (χ4n) is 4.01. The van der Waals surface area contributed by atoms with Gasteiger partial charge in [-0.05, 0) is 42.8 Å². The zero-order chi connectivity index (χ0) is 21.8. The van der Waals surface area contributed by atoms with Gasteiger partial charge in [0, 0.05) is 43.0 Å². The predicted molar refractivity (Wildman–Crippen MR) is 117 cm³/mol. The molecule has 1 aromatic carbocycles. The molecule has 2 fully saturated rings. The van der Waals surface area contributed by atoms with Gasteiger partial charge in [0.2, 0.25) is 0 Å². The number of nitrogens with zero attached hydrogens (tertiary/aromatic N) is 3. The summed E-state index contributed by atoms with van der Waals surface area (Å²) in [6.45, 7) is 4.33. The van der Waals surface area contributed by atoms with Gasteiger partial charge in [0.1, 0.15) is 11.8 Å². The molecule has 7 nitrogen and oxygen atoms in total. The first-order chi connectivity index (χ1) is 15.1. The first-order valence-electron chi connectivity index (χ1n) is 10.3. The molecule has 0 spiro atoms. The highest BCUT2D eigenvalue weighted by Gasteiger charge is 2.46. The highest BCUT2D eigenvalue weighted by molar-refractivity contribution is 6.46. The lowest BCUT2D eigenvalue weighted by Gasteiger charge is -2.28. The summed E-state index contributed by atoms with van der Waals surface area (Å²) in [7, 11) is 0. The largest absolute Gasteiger partial charge is 0.507 e. The van der Waals surface area contributed by atoms with Gasteiger partial charge in [-0.15, -0.1) is 0 Å². The molecule has 4 rings (SSSR count). The van der Waals surface area contributed by atoms with Crippen molar-refractivity contribution in [2.75, 3.05) is 39.4 Å². The summed E-state index contributed by atoms with van der Waals surface area (Å²) in [5.41, 5.74) is 1.03. The van der Waals surface area contributed by atoms with Crippen molar-refractivity contribution in [3.63, 3.8) is 0 Å². The second kappa shape index (κ2) is 9.60. The number of Topliss-reactive ketones (excluding diaryl/α,β-unsaturated/α-hetero) is 1. The molecule has 1 amide bonds. The van der Waals surface area contributed by atoms with E-state index in [0.717, 1.165) is 19.6 Å². The van der Waals surface area contributed by atoms with Crippen molar-refractivity contribution in [3.8, 4) is 0 Å². The van der Waals surface area contributed by atoms with E-state index in [1.807, 2.05) is 0 Å². The van der Waals surface area contributed by atoms with Crippen LogP contribution >= 0.6 is 11.6 Å². The van der Waals surface area contributed by atoms with Gasteiger partial charge in [0.15, 0.2) is 0 Å². The van der Waals surface area contributed by atoms with Crippen LogP contribution in [0.1, 0.15) is 23.7 Å². The molecule has 2 saturated heterocycles. The Morgan fingerprint density at radius 1 is 1.10 bits per heavy atom. The summed E-state index contributed by atoms with van der Waals surface area (Å²) < 4.78 is 5.37. The topological polar surface area (TPSA) is 83.0 Å². The maximum atomic E-state index is 13.0. The van der Waals surface area contributed by atoms with E-state index in [1.165, 1.54) is 4.90 Å². The number of aliphatic hydroxyl groups excluding tert-OH is 1. The Morgan fingerprint density at radius 2 is 1.84 bits per heavy atom. The third kappa shape index (κ3) is 4.63. The van der Waals surface area contributed by atoms with Crippen molar-refractivity contribution < 1.29 is 19.4 Å². The lowest BCUT2D eigenvalue weighted by molar-refractivity contribution is -0.140. The van der Waals surface area contributed by atoms with Crippen molar-refractivity contribution >= 4 is 29.1 Å². The molecule has 1 aromatic heterocycles. The van der Waals surface area contributed by atoms with Crippen LogP contribution in [0.3, 0.4) is 0 Å². The van der Waals surface area contributed by atoms with Crippen LogP contribution in [0.2, 0.25) is 5.02 Å². The van der Waals surface area contributed by atoms with Crippen LogP contribution in [0.15, 0.2) is 54.2 Å². The third-order valence-electron chi connectivity index (χ3n) is 5.60. The number of rotatable bonds is 6. The number of amides is 1. The number of aliphatic hydroxyl groups is 1. The summed E-state index contributed by atoms with van der Waals surface area (Å²) in [6, 6.07) is 11.1. The van der Waals surface area contributed by atoms with Gasteiger partial charge in [0.05, 0.1) is 24.5 Å². The minimum atomic E-state index is -0.735. The molecular formula is C23H24ClN3O4. The Balaban J connectivity index is 1.64. The van der Waals surface area contributed by atoms with Gasteiger partial charge in [-0.2, -0.15) is 0 Å². The average molecular weight is 442 g/mol. The van der Waals surface area contributed by atoms with Gasteiger partial charge in [0.25, 0.3) is 11.7 Å². The van der Waals surface area contributed by atoms with E-state index < -0.39 is 17.7 Å². The fraction of sp³-hybridized carbons (Fsp3) is 0.348. The zero-order valence-corrected chi connectivity index (χ0v) is 17.8. The minimum absolute atomic E-state index is 0.0531. The SMILES string of the molecule is O=C1C(=O)N(CCCN2CCOCC2)C(c2ccccn2)/C1=C(/O)c1ccc(Cl)cc1. The number of hydrogen-bond donors (Lipinski definition) is 1. The van der Waals surface area contributed by atoms with Crippen molar-refractivity contribution in [1.82, 2.24) is 14.8 Å². The molecule has 162 valence electrons. The number of aromatic nitrogens is 1. The Hall–Kier alpha value is -2.74. The number of benzene rings is 1. The van der Waals surface area contributed by atoms with Gasteiger partial charge in [-0.3, -0.25) is 19.5 Å². The summed E-state index contributed by atoms with van der Waals surface area (Å²) in [6.07, 6.45) is 2.32. The molecule has 0 bridgehead atoms. The number of likely N-dealkylation sites (tertiary alicyclic amines) is 1. The van der Waals surface area contributed by atoms with E-state index in [9.17, 15) is 14.7 Å². The fourth-order valence-corrected chi connectivity index (χ4v) is 4.13. The van der Waals surface area contributed by atoms with Gasteiger partial charge in [-0.1, -0.05) is 17.7 Å². The molecule has 8 heteroatoms. The van der Waals surface area contributed by atoms with E-state index in [-0.39, 0.29) is 11.3 Å². The van der Waals surface area contributed by atoms with Crippen LogP contribution in [-0.4, -0.2) is 71.0 Å².